The van der Waals surface area contributed by atoms with E-state index in [4.69, 9.17) is 4.74 Å². The Morgan fingerprint density at radius 1 is 1.25 bits per heavy atom. The Kier molecular flexibility index (Phi) is 4.27. The molecule has 1 fully saturated rings. The minimum atomic E-state index is -0.259. The number of anilines is 1. The van der Waals surface area contributed by atoms with Crippen LogP contribution in [0.5, 0.6) is 0 Å². The molecule has 0 aliphatic carbocycles. The van der Waals surface area contributed by atoms with E-state index in [0.717, 1.165) is 73.6 Å². The highest BCUT2D eigenvalue weighted by molar-refractivity contribution is 6.07. The van der Waals surface area contributed by atoms with Gasteiger partial charge in [-0.15, -0.1) is 0 Å². The maximum Gasteiger partial charge on any atom is 0.153 e. The van der Waals surface area contributed by atoms with Crippen LogP contribution in [0.25, 0.3) is 21.9 Å². The van der Waals surface area contributed by atoms with Crippen LogP contribution in [0.4, 0.5) is 10.2 Å². The number of aromatic nitrogens is 3. The molecule has 0 saturated carbocycles. The standard InChI is InChI=1S/C17H20FN5O/c18-12-2-3-14-13(10-12)15-16(22-14)17(21-11-20-15)19-4-1-5-23-6-8-24-9-7-23/h2-3,10-11,22H,1,4-9H2,(H,19,20,21)/p+1. The molecule has 6 nitrogen and oxygen atoms in total. The number of hydrogen-bond donors (Lipinski definition) is 3. The number of nitrogens with one attached hydrogen (secondary N) is 3. The molecule has 1 aliphatic heterocycles. The number of quaternary nitrogens is 1. The lowest BCUT2D eigenvalue weighted by Gasteiger charge is -2.23. The van der Waals surface area contributed by atoms with Crippen LogP contribution in [0.2, 0.25) is 0 Å². The van der Waals surface area contributed by atoms with Gasteiger partial charge in [0, 0.05) is 23.9 Å². The number of morpholine rings is 1. The number of benzene rings is 1. The molecule has 3 aromatic rings. The fourth-order valence-electron chi connectivity index (χ4n) is 3.25. The highest BCUT2D eigenvalue weighted by Crippen LogP contribution is 2.27. The van der Waals surface area contributed by atoms with Gasteiger partial charge in [-0.2, -0.15) is 0 Å². The Bertz CT molecular complexity index is 843. The summed E-state index contributed by atoms with van der Waals surface area (Å²) in [5, 5.41) is 4.17. The Labute approximate surface area is 139 Å². The van der Waals surface area contributed by atoms with Gasteiger partial charge in [0.25, 0.3) is 0 Å². The number of halogens is 1. The third-order valence-corrected chi connectivity index (χ3v) is 4.54. The molecule has 0 bridgehead atoms. The molecule has 3 N–H and O–H groups in total. The van der Waals surface area contributed by atoms with E-state index in [2.05, 4.69) is 20.3 Å². The normalized spacial score (nSPS) is 16.0. The highest BCUT2D eigenvalue weighted by atomic mass is 19.1. The molecule has 1 saturated heterocycles. The largest absolute Gasteiger partial charge is 0.370 e. The molecule has 7 heteroatoms. The summed E-state index contributed by atoms with van der Waals surface area (Å²) in [4.78, 5) is 13.5. The quantitative estimate of drug-likeness (QED) is 0.610. The summed E-state index contributed by atoms with van der Waals surface area (Å²) < 4.78 is 18.9. The highest BCUT2D eigenvalue weighted by Gasteiger charge is 2.14. The number of rotatable bonds is 5. The second kappa shape index (κ2) is 6.70. The lowest BCUT2D eigenvalue weighted by molar-refractivity contribution is -0.908. The fourth-order valence-corrected chi connectivity index (χ4v) is 3.25. The summed E-state index contributed by atoms with van der Waals surface area (Å²) in [6.45, 7) is 5.88. The van der Waals surface area contributed by atoms with Crippen molar-refractivity contribution in [3.8, 4) is 0 Å². The van der Waals surface area contributed by atoms with Gasteiger partial charge in [-0.25, -0.2) is 14.4 Å². The second-order valence-electron chi connectivity index (χ2n) is 6.15. The monoisotopic (exact) mass is 330 g/mol. The maximum atomic E-state index is 13.5. The van der Waals surface area contributed by atoms with Crippen LogP contribution in [-0.4, -0.2) is 54.3 Å². The summed E-state index contributed by atoms with van der Waals surface area (Å²) in [5.74, 6) is 0.513. The van der Waals surface area contributed by atoms with Crippen LogP contribution < -0.4 is 10.2 Å². The van der Waals surface area contributed by atoms with Crippen LogP contribution in [0, 0.1) is 5.82 Å². The topological polar surface area (TPSA) is 67.3 Å². The number of aromatic amines is 1. The predicted molar refractivity (Wildman–Crippen MR) is 90.8 cm³/mol. The fraction of sp³-hybridized carbons (Fsp3) is 0.412. The van der Waals surface area contributed by atoms with Crippen molar-refractivity contribution in [3.63, 3.8) is 0 Å². The van der Waals surface area contributed by atoms with Gasteiger partial charge >= 0.3 is 0 Å². The third-order valence-electron chi connectivity index (χ3n) is 4.54. The zero-order valence-electron chi connectivity index (χ0n) is 13.4. The van der Waals surface area contributed by atoms with Crippen LogP contribution >= 0.6 is 0 Å². The van der Waals surface area contributed by atoms with Crippen LogP contribution in [0.15, 0.2) is 24.5 Å². The lowest BCUT2D eigenvalue weighted by Crippen LogP contribution is -3.14. The van der Waals surface area contributed by atoms with Gasteiger partial charge in [-0.05, 0) is 18.2 Å². The van der Waals surface area contributed by atoms with Gasteiger partial charge in [0.2, 0.25) is 0 Å². The van der Waals surface area contributed by atoms with Gasteiger partial charge in [0.1, 0.15) is 36.3 Å². The summed E-state index contributed by atoms with van der Waals surface area (Å²) >= 11 is 0. The van der Waals surface area contributed by atoms with Crippen molar-refractivity contribution in [1.82, 2.24) is 15.0 Å². The smallest absolute Gasteiger partial charge is 0.153 e. The molecular weight excluding hydrogens is 309 g/mol. The Morgan fingerprint density at radius 3 is 3.00 bits per heavy atom. The van der Waals surface area contributed by atoms with Crippen molar-refractivity contribution in [2.24, 2.45) is 0 Å². The van der Waals surface area contributed by atoms with E-state index in [1.165, 1.54) is 18.5 Å². The average Bonchev–Trinajstić information content (AvgIpc) is 2.98. The first kappa shape index (κ1) is 15.3. The predicted octanol–water partition coefficient (Wildman–Crippen LogP) is 0.967. The summed E-state index contributed by atoms with van der Waals surface area (Å²) in [7, 11) is 0. The molecule has 0 atom stereocenters. The Hall–Kier alpha value is -2.25. The van der Waals surface area contributed by atoms with Crippen molar-refractivity contribution in [2.45, 2.75) is 6.42 Å². The van der Waals surface area contributed by atoms with Crippen molar-refractivity contribution >= 4 is 27.8 Å². The van der Waals surface area contributed by atoms with Crippen molar-refractivity contribution < 1.29 is 14.0 Å². The molecule has 4 rings (SSSR count). The zero-order valence-corrected chi connectivity index (χ0v) is 13.4. The van der Waals surface area contributed by atoms with Gasteiger partial charge in [0.15, 0.2) is 5.82 Å². The van der Waals surface area contributed by atoms with Gasteiger partial charge in [-0.3, -0.25) is 0 Å². The maximum absolute atomic E-state index is 13.5. The molecule has 3 heterocycles. The SMILES string of the molecule is Fc1ccc2[nH]c3c(NCCC[NH+]4CCOCC4)ncnc3c2c1. The third kappa shape index (κ3) is 3.05. The molecule has 2 aromatic heterocycles. The van der Waals surface area contributed by atoms with E-state index < -0.39 is 0 Å². The first-order valence-electron chi connectivity index (χ1n) is 8.38. The molecule has 126 valence electrons. The van der Waals surface area contributed by atoms with E-state index in [1.807, 2.05) is 0 Å². The minimum Gasteiger partial charge on any atom is -0.370 e. The van der Waals surface area contributed by atoms with Crippen LogP contribution in [0.1, 0.15) is 6.42 Å². The van der Waals surface area contributed by atoms with Gasteiger partial charge < -0.3 is 19.9 Å². The Morgan fingerprint density at radius 2 is 2.12 bits per heavy atom. The van der Waals surface area contributed by atoms with E-state index >= 15 is 0 Å². The molecule has 0 radical (unpaired) electrons. The minimum absolute atomic E-state index is 0.259. The van der Waals surface area contributed by atoms with Crippen LogP contribution in [-0.2, 0) is 4.74 Å². The van der Waals surface area contributed by atoms with Gasteiger partial charge in [0.05, 0.1) is 19.8 Å². The summed E-state index contributed by atoms with van der Waals surface area (Å²) in [6.07, 6.45) is 2.59. The van der Waals surface area contributed by atoms with Crippen LogP contribution in [0.3, 0.4) is 0 Å². The first-order chi connectivity index (χ1) is 11.8. The van der Waals surface area contributed by atoms with E-state index in [0.29, 0.717) is 0 Å². The van der Waals surface area contributed by atoms with E-state index in [9.17, 15) is 4.39 Å². The number of ether oxygens (including phenoxy) is 1. The molecular formula is C17H21FN5O+. The molecule has 1 aromatic carbocycles. The molecule has 0 spiro atoms. The van der Waals surface area contributed by atoms with Crippen molar-refractivity contribution in [2.75, 3.05) is 44.7 Å². The van der Waals surface area contributed by atoms with E-state index in [-0.39, 0.29) is 5.82 Å². The molecule has 1 aliphatic rings. The number of nitrogens with zero attached hydrogens (tertiary/aromatic N) is 2. The number of fused-ring (bicyclic) bond motifs is 3. The summed E-state index contributed by atoms with van der Waals surface area (Å²) in [5.41, 5.74) is 2.45. The second-order valence-corrected chi connectivity index (χ2v) is 6.15. The first-order valence-corrected chi connectivity index (χ1v) is 8.38. The average molecular weight is 330 g/mol. The molecule has 0 unspecified atom stereocenters. The van der Waals surface area contributed by atoms with E-state index in [1.54, 1.807) is 11.0 Å². The summed E-state index contributed by atoms with van der Waals surface area (Å²) in [6, 6.07) is 4.69. The Balaban J connectivity index is 1.46. The lowest BCUT2D eigenvalue weighted by atomic mass is 10.2. The van der Waals surface area contributed by atoms with Crippen molar-refractivity contribution in [3.05, 3.63) is 30.3 Å². The number of hydrogen-bond acceptors (Lipinski definition) is 4. The molecule has 24 heavy (non-hydrogen) atoms. The number of H-pyrrole nitrogens is 1. The molecule has 0 amide bonds. The van der Waals surface area contributed by atoms with Crippen molar-refractivity contribution in [1.29, 1.82) is 0 Å². The zero-order chi connectivity index (χ0) is 16.4. The van der Waals surface area contributed by atoms with Gasteiger partial charge in [-0.1, -0.05) is 0 Å².